The molecule has 1 N–H and O–H groups in total. The highest BCUT2D eigenvalue weighted by atomic mass is 79.9. The van der Waals surface area contributed by atoms with Crippen LogP contribution >= 0.6 is 27.3 Å². The number of hydrogen-bond acceptors (Lipinski definition) is 2. The van der Waals surface area contributed by atoms with Gasteiger partial charge in [0.25, 0.3) is 0 Å². The molecule has 96 valence electrons. The van der Waals surface area contributed by atoms with Crippen molar-refractivity contribution < 1.29 is 8.78 Å². The van der Waals surface area contributed by atoms with E-state index in [0.717, 1.165) is 4.88 Å². The van der Waals surface area contributed by atoms with Gasteiger partial charge in [0.05, 0.1) is 0 Å². The summed E-state index contributed by atoms with van der Waals surface area (Å²) in [6.07, 6.45) is 0.573. The first-order valence-electron chi connectivity index (χ1n) is 5.46. The van der Waals surface area contributed by atoms with Crippen molar-refractivity contribution in [1.82, 2.24) is 5.32 Å². The van der Waals surface area contributed by atoms with Gasteiger partial charge in [0.2, 0.25) is 0 Å². The summed E-state index contributed by atoms with van der Waals surface area (Å²) in [4.78, 5) is 1.09. The van der Waals surface area contributed by atoms with Gasteiger partial charge in [-0.05, 0) is 30.6 Å². The first-order chi connectivity index (χ1) is 8.61. The minimum absolute atomic E-state index is 0.0918. The van der Waals surface area contributed by atoms with Gasteiger partial charge in [-0.25, -0.2) is 8.78 Å². The minimum Gasteiger partial charge on any atom is -0.313 e. The third-order valence-corrected chi connectivity index (χ3v) is 4.08. The Kier molecular flexibility index (Phi) is 4.48. The molecule has 1 heterocycles. The summed E-state index contributed by atoms with van der Waals surface area (Å²) in [5.41, 5.74) is 0.0918. The van der Waals surface area contributed by atoms with Gasteiger partial charge in [-0.15, -0.1) is 11.3 Å². The smallest absolute Gasteiger partial charge is 0.132 e. The molecule has 0 saturated carbocycles. The van der Waals surface area contributed by atoms with Gasteiger partial charge in [-0.2, -0.15) is 0 Å². The van der Waals surface area contributed by atoms with E-state index in [-0.39, 0.29) is 11.6 Å². The molecule has 0 bridgehead atoms. The molecule has 0 spiro atoms. The topological polar surface area (TPSA) is 12.0 Å². The maximum atomic E-state index is 13.9. The zero-order chi connectivity index (χ0) is 13.1. The van der Waals surface area contributed by atoms with E-state index in [1.807, 2.05) is 17.5 Å². The van der Waals surface area contributed by atoms with Gasteiger partial charge in [0, 0.05) is 27.4 Å². The fraction of sp³-hybridized carbons (Fsp3) is 0.231. The second kappa shape index (κ2) is 5.91. The predicted molar refractivity (Wildman–Crippen MR) is 73.9 cm³/mol. The summed E-state index contributed by atoms with van der Waals surface area (Å²) in [6, 6.07) is 6.11. The van der Waals surface area contributed by atoms with E-state index in [1.54, 1.807) is 18.4 Å². The third kappa shape index (κ3) is 2.96. The van der Waals surface area contributed by atoms with Gasteiger partial charge in [0.1, 0.15) is 11.6 Å². The predicted octanol–water partition coefficient (Wildman–Crippen LogP) is 4.29. The van der Waals surface area contributed by atoms with Gasteiger partial charge in [0.15, 0.2) is 0 Å². The summed E-state index contributed by atoms with van der Waals surface area (Å²) in [7, 11) is 1.71. The number of rotatable bonds is 4. The lowest BCUT2D eigenvalue weighted by molar-refractivity contribution is 0.490. The van der Waals surface area contributed by atoms with E-state index in [1.165, 1.54) is 12.1 Å². The van der Waals surface area contributed by atoms with Crippen molar-refractivity contribution in [3.8, 4) is 0 Å². The average molecular weight is 332 g/mol. The molecular weight excluding hydrogens is 320 g/mol. The van der Waals surface area contributed by atoms with E-state index < -0.39 is 11.6 Å². The molecule has 0 aliphatic carbocycles. The Hall–Kier alpha value is -0.780. The van der Waals surface area contributed by atoms with Crippen molar-refractivity contribution >= 4 is 27.3 Å². The van der Waals surface area contributed by atoms with E-state index in [0.29, 0.717) is 10.9 Å². The van der Waals surface area contributed by atoms with Gasteiger partial charge in [-0.1, -0.05) is 22.0 Å². The Morgan fingerprint density at radius 3 is 2.50 bits per heavy atom. The normalized spacial score (nSPS) is 12.7. The quantitative estimate of drug-likeness (QED) is 0.881. The van der Waals surface area contributed by atoms with E-state index in [2.05, 4.69) is 21.2 Å². The molecule has 0 aliphatic heterocycles. The highest BCUT2D eigenvalue weighted by molar-refractivity contribution is 9.10. The van der Waals surface area contributed by atoms with Crippen LogP contribution in [0.2, 0.25) is 0 Å². The van der Waals surface area contributed by atoms with Crippen molar-refractivity contribution in [2.45, 2.75) is 12.5 Å². The lowest BCUT2D eigenvalue weighted by atomic mass is 10.0. The molecule has 18 heavy (non-hydrogen) atoms. The molecule has 0 fully saturated rings. The van der Waals surface area contributed by atoms with Crippen molar-refractivity contribution in [2.24, 2.45) is 0 Å². The maximum Gasteiger partial charge on any atom is 0.132 e. The summed E-state index contributed by atoms with van der Waals surface area (Å²) in [5, 5.41) is 4.92. The molecule has 2 rings (SSSR count). The highest BCUT2D eigenvalue weighted by Gasteiger charge is 2.20. The standard InChI is InChI=1S/C13H12BrF2NS/c1-17-12(7-9-3-2-4-18-9)13-10(15)5-8(14)6-11(13)16/h2-6,12,17H,7H2,1H3. The van der Waals surface area contributed by atoms with E-state index in [4.69, 9.17) is 0 Å². The molecule has 2 aromatic rings. The Labute approximate surface area is 117 Å². The van der Waals surface area contributed by atoms with Crippen LogP contribution in [0.15, 0.2) is 34.1 Å². The van der Waals surface area contributed by atoms with Crippen molar-refractivity contribution in [2.75, 3.05) is 7.05 Å². The Bertz CT molecular complexity index is 505. The molecule has 1 unspecified atom stereocenters. The van der Waals surface area contributed by atoms with Crippen LogP contribution < -0.4 is 5.32 Å². The van der Waals surface area contributed by atoms with Crippen molar-refractivity contribution in [3.63, 3.8) is 0 Å². The molecule has 1 aromatic carbocycles. The summed E-state index contributed by atoms with van der Waals surface area (Å²) < 4.78 is 28.2. The average Bonchev–Trinajstić information content (AvgIpc) is 2.79. The molecule has 0 radical (unpaired) electrons. The number of thiophene rings is 1. The van der Waals surface area contributed by atoms with Crippen LogP contribution in [0.1, 0.15) is 16.5 Å². The first-order valence-corrected chi connectivity index (χ1v) is 7.13. The number of benzene rings is 1. The lowest BCUT2D eigenvalue weighted by Crippen LogP contribution is -2.21. The van der Waals surface area contributed by atoms with Crippen molar-refractivity contribution in [1.29, 1.82) is 0 Å². The molecule has 0 amide bonds. The molecule has 0 aliphatic rings. The van der Waals surface area contributed by atoms with E-state index in [9.17, 15) is 8.78 Å². The summed E-state index contributed by atoms with van der Waals surface area (Å²) >= 11 is 4.66. The Morgan fingerprint density at radius 2 is 2.00 bits per heavy atom. The number of nitrogens with one attached hydrogen (secondary N) is 1. The fourth-order valence-electron chi connectivity index (χ4n) is 1.86. The summed E-state index contributed by atoms with van der Waals surface area (Å²) in [5.74, 6) is -1.06. The van der Waals surface area contributed by atoms with Crippen LogP contribution in [-0.4, -0.2) is 7.05 Å². The van der Waals surface area contributed by atoms with Gasteiger partial charge < -0.3 is 5.32 Å². The number of halogens is 3. The monoisotopic (exact) mass is 331 g/mol. The third-order valence-electron chi connectivity index (χ3n) is 2.73. The van der Waals surface area contributed by atoms with Crippen molar-refractivity contribution in [3.05, 3.63) is 56.2 Å². The first kappa shape index (κ1) is 13.6. The largest absolute Gasteiger partial charge is 0.313 e. The molecule has 1 nitrogen and oxygen atoms in total. The van der Waals surface area contributed by atoms with Crippen LogP contribution in [0.25, 0.3) is 0 Å². The molecule has 1 aromatic heterocycles. The zero-order valence-corrected chi connectivity index (χ0v) is 12.1. The van der Waals surface area contributed by atoms with Crippen LogP contribution in [0.5, 0.6) is 0 Å². The lowest BCUT2D eigenvalue weighted by Gasteiger charge is -2.17. The van der Waals surface area contributed by atoms with E-state index >= 15 is 0 Å². The van der Waals surface area contributed by atoms with Gasteiger partial charge in [-0.3, -0.25) is 0 Å². The zero-order valence-electron chi connectivity index (χ0n) is 9.71. The summed E-state index contributed by atoms with van der Waals surface area (Å²) in [6.45, 7) is 0. The van der Waals surface area contributed by atoms with Crippen LogP contribution in [0, 0.1) is 11.6 Å². The SMILES string of the molecule is CNC(Cc1cccs1)c1c(F)cc(Br)cc1F. The Balaban J connectivity index is 2.33. The van der Waals surface area contributed by atoms with Crippen LogP contribution in [0.4, 0.5) is 8.78 Å². The molecular formula is C13H12BrF2NS. The second-order valence-corrected chi connectivity index (χ2v) is 5.86. The fourth-order valence-corrected chi connectivity index (χ4v) is 3.02. The maximum absolute atomic E-state index is 13.9. The molecule has 1 atom stereocenters. The minimum atomic E-state index is -0.530. The highest BCUT2D eigenvalue weighted by Crippen LogP contribution is 2.28. The van der Waals surface area contributed by atoms with Crippen LogP contribution in [-0.2, 0) is 6.42 Å². The molecule has 5 heteroatoms. The number of likely N-dealkylation sites (N-methyl/N-ethyl adjacent to an activating group) is 1. The van der Waals surface area contributed by atoms with Crippen LogP contribution in [0.3, 0.4) is 0 Å². The second-order valence-electron chi connectivity index (χ2n) is 3.91. The van der Waals surface area contributed by atoms with Gasteiger partial charge >= 0.3 is 0 Å². The molecule has 0 saturated heterocycles. The number of hydrogen-bond donors (Lipinski definition) is 1. The Morgan fingerprint density at radius 1 is 1.33 bits per heavy atom.